The summed E-state index contributed by atoms with van der Waals surface area (Å²) in [5, 5.41) is 6.39. The number of amides is 1. The summed E-state index contributed by atoms with van der Waals surface area (Å²) in [6.45, 7) is 5.63. The van der Waals surface area contributed by atoms with Gasteiger partial charge in [0.15, 0.2) is 0 Å². The Morgan fingerprint density at radius 1 is 1.19 bits per heavy atom. The van der Waals surface area contributed by atoms with E-state index in [9.17, 15) is 4.79 Å². The van der Waals surface area contributed by atoms with Gasteiger partial charge < -0.3 is 15.4 Å². The molecule has 1 aromatic rings. The molecule has 0 saturated heterocycles. The number of carbonyl (C=O) groups is 1. The van der Waals surface area contributed by atoms with E-state index in [0.29, 0.717) is 6.04 Å². The number of nitrogens with zero attached hydrogens (tertiary/aromatic N) is 1. The molecule has 0 bridgehead atoms. The van der Waals surface area contributed by atoms with Crippen molar-refractivity contribution >= 4 is 11.9 Å². The number of carbonyl (C=O) groups excluding carboxylic acids is 1. The second kappa shape index (κ2) is 6.78. The Morgan fingerprint density at radius 2 is 1.86 bits per heavy atom. The SMILES string of the molecule is CC(C)(C)OC(=O)N[C@H]1CC[C@H](Nc2ccccn2)CC1. The number of aromatic nitrogens is 1. The number of anilines is 1. The van der Waals surface area contributed by atoms with Crippen LogP contribution in [-0.2, 0) is 4.74 Å². The van der Waals surface area contributed by atoms with Crippen LogP contribution in [0.4, 0.5) is 10.6 Å². The van der Waals surface area contributed by atoms with E-state index in [4.69, 9.17) is 4.74 Å². The third-order valence-electron chi connectivity index (χ3n) is 3.46. The van der Waals surface area contributed by atoms with Crippen molar-refractivity contribution in [2.75, 3.05) is 5.32 Å². The zero-order valence-corrected chi connectivity index (χ0v) is 13.1. The van der Waals surface area contributed by atoms with Gasteiger partial charge in [-0.25, -0.2) is 9.78 Å². The predicted molar refractivity (Wildman–Crippen MR) is 83.3 cm³/mol. The molecule has 0 aliphatic heterocycles. The molecular weight excluding hydrogens is 266 g/mol. The number of ether oxygens (including phenoxy) is 1. The molecule has 2 N–H and O–H groups in total. The van der Waals surface area contributed by atoms with E-state index in [-0.39, 0.29) is 12.1 Å². The number of alkyl carbamates (subject to hydrolysis) is 1. The van der Waals surface area contributed by atoms with E-state index >= 15 is 0 Å². The summed E-state index contributed by atoms with van der Waals surface area (Å²) < 4.78 is 5.29. The minimum absolute atomic E-state index is 0.210. The minimum Gasteiger partial charge on any atom is -0.444 e. The number of hydrogen-bond acceptors (Lipinski definition) is 4. The molecule has 0 atom stereocenters. The molecule has 1 aromatic heterocycles. The third-order valence-corrected chi connectivity index (χ3v) is 3.46. The lowest BCUT2D eigenvalue weighted by Crippen LogP contribution is -2.42. The molecule has 1 aliphatic carbocycles. The average molecular weight is 291 g/mol. The van der Waals surface area contributed by atoms with Gasteiger partial charge in [0.2, 0.25) is 0 Å². The van der Waals surface area contributed by atoms with Crippen LogP contribution in [0.15, 0.2) is 24.4 Å². The summed E-state index contributed by atoms with van der Waals surface area (Å²) in [5.41, 5.74) is -0.443. The van der Waals surface area contributed by atoms with E-state index < -0.39 is 5.60 Å². The summed E-state index contributed by atoms with van der Waals surface area (Å²) in [6, 6.07) is 6.50. The summed E-state index contributed by atoms with van der Waals surface area (Å²) in [7, 11) is 0. The highest BCUT2D eigenvalue weighted by atomic mass is 16.6. The number of rotatable bonds is 3. The van der Waals surface area contributed by atoms with E-state index in [2.05, 4.69) is 15.6 Å². The molecule has 2 rings (SSSR count). The van der Waals surface area contributed by atoms with Gasteiger partial charge >= 0.3 is 6.09 Å². The Labute approximate surface area is 126 Å². The lowest BCUT2D eigenvalue weighted by atomic mass is 9.91. The van der Waals surface area contributed by atoms with Crippen LogP contribution >= 0.6 is 0 Å². The molecule has 1 fully saturated rings. The molecule has 1 saturated carbocycles. The van der Waals surface area contributed by atoms with Crippen LogP contribution in [0.1, 0.15) is 46.5 Å². The molecule has 1 heterocycles. The largest absolute Gasteiger partial charge is 0.444 e. The third kappa shape index (κ3) is 5.61. The normalized spacial score (nSPS) is 22.4. The van der Waals surface area contributed by atoms with Gasteiger partial charge in [0.25, 0.3) is 0 Å². The van der Waals surface area contributed by atoms with Gasteiger partial charge in [-0.1, -0.05) is 6.07 Å². The van der Waals surface area contributed by atoms with Crippen LogP contribution in [-0.4, -0.2) is 28.8 Å². The molecule has 116 valence electrons. The summed E-state index contributed by atoms with van der Waals surface area (Å²) >= 11 is 0. The number of hydrogen-bond donors (Lipinski definition) is 2. The Hall–Kier alpha value is -1.78. The van der Waals surface area contributed by atoms with Crippen LogP contribution in [0.25, 0.3) is 0 Å². The van der Waals surface area contributed by atoms with Crippen molar-refractivity contribution in [3.63, 3.8) is 0 Å². The van der Waals surface area contributed by atoms with Gasteiger partial charge in [-0.05, 0) is 58.6 Å². The highest BCUT2D eigenvalue weighted by Gasteiger charge is 2.24. The standard InChI is InChI=1S/C16H25N3O2/c1-16(2,3)21-15(20)19-13-9-7-12(8-10-13)18-14-6-4-5-11-17-14/h4-6,11-13H,7-10H2,1-3H3,(H,17,18)(H,19,20)/t12-,13-. The fourth-order valence-electron chi connectivity index (χ4n) is 2.51. The molecule has 5 nitrogen and oxygen atoms in total. The van der Waals surface area contributed by atoms with Gasteiger partial charge in [-0.2, -0.15) is 0 Å². The van der Waals surface area contributed by atoms with Crippen molar-refractivity contribution in [3.05, 3.63) is 24.4 Å². The van der Waals surface area contributed by atoms with Crippen molar-refractivity contribution in [3.8, 4) is 0 Å². The van der Waals surface area contributed by atoms with E-state index in [0.717, 1.165) is 31.5 Å². The summed E-state index contributed by atoms with van der Waals surface area (Å²) in [4.78, 5) is 16.0. The molecule has 1 aliphatic rings. The van der Waals surface area contributed by atoms with Crippen LogP contribution in [0.5, 0.6) is 0 Å². The van der Waals surface area contributed by atoms with E-state index in [1.807, 2.05) is 39.0 Å². The fraction of sp³-hybridized carbons (Fsp3) is 0.625. The molecule has 5 heteroatoms. The van der Waals surface area contributed by atoms with Gasteiger partial charge in [-0.3, -0.25) is 0 Å². The van der Waals surface area contributed by atoms with Crippen LogP contribution in [0.3, 0.4) is 0 Å². The van der Waals surface area contributed by atoms with Gasteiger partial charge in [0.1, 0.15) is 11.4 Å². The molecule has 0 radical (unpaired) electrons. The number of nitrogens with one attached hydrogen (secondary N) is 2. The summed E-state index contributed by atoms with van der Waals surface area (Å²) in [5.74, 6) is 0.918. The van der Waals surface area contributed by atoms with Crippen molar-refractivity contribution in [2.24, 2.45) is 0 Å². The maximum atomic E-state index is 11.7. The van der Waals surface area contributed by atoms with Gasteiger partial charge in [-0.15, -0.1) is 0 Å². The van der Waals surface area contributed by atoms with Crippen molar-refractivity contribution in [1.29, 1.82) is 0 Å². The Bertz CT molecular complexity index is 448. The molecule has 1 amide bonds. The van der Waals surface area contributed by atoms with Gasteiger partial charge in [0.05, 0.1) is 0 Å². The van der Waals surface area contributed by atoms with Crippen LogP contribution in [0, 0.1) is 0 Å². The first-order valence-electron chi connectivity index (χ1n) is 7.59. The van der Waals surface area contributed by atoms with E-state index in [1.165, 1.54) is 0 Å². The number of pyridine rings is 1. The van der Waals surface area contributed by atoms with Crippen molar-refractivity contribution in [2.45, 2.75) is 64.1 Å². The van der Waals surface area contributed by atoms with Gasteiger partial charge in [0, 0.05) is 18.3 Å². The average Bonchev–Trinajstić information content (AvgIpc) is 2.40. The van der Waals surface area contributed by atoms with Crippen LogP contribution in [0.2, 0.25) is 0 Å². The zero-order valence-electron chi connectivity index (χ0n) is 13.1. The molecule has 0 spiro atoms. The monoisotopic (exact) mass is 291 g/mol. The molecule has 0 unspecified atom stereocenters. The second-order valence-corrected chi connectivity index (χ2v) is 6.55. The Morgan fingerprint density at radius 3 is 2.43 bits per heavy atom. The maximum Gasteiger partial charge on any atom is 0.407 e. The summed E-state index contributed by atoms with van der Waals surface area (Å²) in [6.07, 6.45) is 5.45. The molecule has 0 aromatic carbocycles. The lowest BCUT2D eigenvalue weighted by molar-refractivity contribution is 0.0492. The van der Waals surface area contributed by atoms with Crippen LogP contribution < -0.4 is 10.6 Å². The first-order chi connectivity index (χ1) is 9.92. The molecule has 21 heavy (non-hydrogen) atoms. The highest BCUT2D eigenvalue weighted by Crippen LogP contribution is 2.22. The first kappa shape index (κ1) is 15.6. The van der Waals surface area contributed by atoms with E-state index in [1.54, 1.807) is 6.20 Å². The maximum absolute atomic E-state index is 11.7. The Kier molecular flexibility index (Phi) is 5.04. The Balaban J connectivity index is 1.72. The fourth-order valence-corrected chi connectivity index (χ4v) is 2.51. The zero-order chi connectivity index (χ0) is 15.3. The smallest absolute Gasteiger partial charge is 0.407 e. The minimum atomic E-state index is -0.443. The highest BCUT2D eigenvalue weighted by molar-refractivity contribution is 5.68. The first-order valence-corrected chi connectivity index (χ1v) is 7.59. The van der Waals surface area contributed by atoms with Crippen molar-refractivity contribution in [1.82, 2.24) is 10.3 Å². The quantitative estimate of drug-likeness (QED) is 0.896. The second-order valence-electron chi connectivity index (χ2n) is 6.55. The van der Waals surface area contributed by atoms with Crippen molar-refractivity contribution < 1.29 is 9.53 Å². The molecular formula is C16H25N3O2. The lowest BCUT2D eigenvalue weighted by Gasteiger charge is -2.30. The predicted octanol–water partition coefficient (Wildman–Crippen LogP) is 3.33. The topological polar surface area (TPSA) is 63.2 Å².